The molecule has 1 heteroatoms. The minimum Gasteiger partial charge on any atom is -0.389 e. The predicted molar refractivity (Wildman–Crippen MR) is 49.9 cm³/mol. The molecule has 0 aromatic heterocycles. The molecule has 0 radical (unpaired) electrons. The van der Waals surface area contributed by atoms with E-state index in [1.165, 1.54) is 38.5 Å². The number of aliphatic hydroxyl groups is 1. The van der Waals surface area contributed by atoms with Crippen LogP contribution in [0.3, 0.4) is 0 Å². The van der Waals surface area contributed by atoms with Crippen molar-refractivity contribution in [2.75, 3.05) is 0 Å². The van der Waals surface area contributed by atoms with E-state index in [-0.39, 0.29) is 5.60 Å². The molecule has 2 aliphatic rings. The van der Waals surface area contributed by atoms with E-state index in [1.54, 1.807) is 0 Å². The first-order valence-corrected chi connectivity index (χ1v) is 5.51. The maximum Gasteiger partial charge on any atom is 0.0711 e. The molecule has 1 nitrogen and oxygen atoms in total. The smallest absolute Gasteiger partial charge is 0.0711 e. The molecule has 0 aliphatic heterocycles. The van der Waals surface area contributed by atoms with E-state index >= 15 is 0 Å². The Kier molecular flexibility index (Phi) is 2.16. The third-order valence-electron chi connectivity index (χ3n) is 3.87. The average molecular weight is 168 g/mol. The Balaban J connectivity index is 1.87. The van der Waals surface area contributed by atoms with Crippen LogP contribution in [0.5, 0.6) is 0 Å². The van der Waals surface area contributed by atoms with E-state index in [0.29, 0.717) is 11.8 Å². The van der Waals surface area contributed by atoms with E-state index in [2.05, 4.69) is 6.92 Å². The molecule has 2 rings (SSSR count). The summed E-state index contributed by atoms with van der Waals surface area (Å²) < 4.78 is 0. The fraction of sp³-hybridized carbons (Fsp3) is 1.00. The fourth-order valence-electron chi connectivity index (χ4n) is 3.05. The van der Waals surface area contributed by atoms with Crippen molar-refractivity contribution in [2.45, 2.75) is 57.5 Å². The van der Waals surface area contributed by atoms with Gasteiger partial charge in [0.1, 0.15) is 0 Å². The summed E-state index contributed by atoms with van der Waals surface area (Å²) in [6, 6.07) is 0. The van der Waals surface area contributed by atoms with Gasteiger partial charge in [0, 0.05) is 0 Å². The summed E-state index contributed by atoms with van der Waals surface area (Å²) in [6.07, 6.45) is 8.81. The van der Waals surface area contributed by atoms with Gasteiger partial charge in [0.15, 0.2) is 0 Å². The lowest BCUT2D eigenvalue weighted by Crippen LogP contribution is -2.12. The van der Waals surface area contributed by atoms with Crippen molar-refractivity contribution >= 4 is 0 Å². The maximum absolute atomic E-state index is 10.2. The lowest BCUT2D eigenvalue weighted by molar-refractivity contribution is 0.106. The number of hydrogen-bond acceptors (Lipinski definition) is 1. The molecule has 2 saturated carbocycles. The topological polar surface area (TPSA) is 20.2 Å². The zero-order valence-electron chi connectivity index (χ0n) is 8.05. The van der Waals surface area contributed by atoms with Crippen LogP contribution in [-0.4, -0.2) is 10.7 Å². The summed E-state index contributed by atoms with van der Waals surface area (Å²) in [5, 5.41) is 10.2. The van der Waals surface area contributed by atoms with Crippen LogP contribution < -0.4 is 0 Å². The monoisotopic (exact) mass is 168 g/mol. The van der Waals surface area contributed by atoms with E-state index in [4.69, 9.17) is 0 Å². The largest absolute Gasteiger partial charge is 0.389 e. The number of fused-ring (bicyclic) bond motifs is 1. The van der Waals surface area contributed by atoms with Crippen LogP contribution in [0.1, 0.15) is 51.9 Å². The highest BCUT2D eigenvalue weighted by Crippen LogP contribution is 2.60. The third kappa shape index (κ3) is 1.19. The summed E-state index contributed by atoms with van der Waals surface area (Å²) in [4.78, 5) is 0. The van der Waals surface area contributed by atoms with Crippen molar-refractivity contribution in [3.63, 3.8) is 0 Å². The Bertz CT molecular complexity index is 152. The van der Waals surface area contributed by atoms with Crippen LogP contribution in [0, 0.1) is 11.8 Å². The summed E-state index contributed by atoms with van der Waals surface area (Å²) in [5.74, 6) is 1.38. The molecule has 0 spiro atoms. The van der Waals surface area contributed by atoms with Crippen LogP contribution in [0.15, 0.2) is 0 Å². The molecule has 2 fully saturated rings. The molecule has 0 saturated heterocycles. The molecule has 0 aromatic carbocycles. The van der Waals surface area contributed by atoms with E-state index in [1.807, 2.05) is 0 Å². The molecule has 70 valence electrons. The summed E-state index contributed by atoms with van der Waals surface area (Å²) in [6.45, 7) is 2.20. The van der Waals surface area contributed by atoms with Gasteiger partial charge in [-0.2, -0.15) is 0 Å². The van der Waals surface area contributed by atoms with Gasteiger partial charge in [-0.05, 0) is 31.1 Å². The van der Waals surface area contributed by atoms with Gasteiger partial charge >= 0.3 is 0 Å². The van der Waals surface area contributed by atoms with E-state index < -0.39 is 0 Å². The van der Waals surface area contributed by atoms with E-state index in [9.17, 15) is 5.11 Å². The zero-order valence-corrected chi connectivity index (χ0v) is 8.05. The first kappa shape index (κ1) is 8.55. The number of hydrogen-bond donors (Lipinski definition) is 1. The summed E-state index contributed by atoms with van der Waals surface area (Å²) >= 11 is 0. The van der Waals surface area contributed by atoms with Crippen molar-refractivity contribution in [3.05, 3.63) is 0 Å². The molecule has 0 amide bonds. The second-order valence-corrected chi connectivity index (χ2v) is 4.59. The molecule has 0 bridgehead atoms. The van der Waals surface area contributed by atoms with Crippen molar-refractivity contribution in [3.8, 4) is 0 Å². The van der Waals surface area contributed by atoms with E-state index in [0.717, 1.165) is 6.42 Å². The number of rotatable bonds is 3. The SMILES string of the molecule is CCCCC1(O)C2CCCCC21. The fourth-order valence-corrected chi connectivity index (χ4v) is 3.05. The first-order valence-electron chi connectivity index (χ1n) is 5.51. The Morgan fingerprint density at radius 2 is 1.83 bits per heavy atom. The first-order chi connectivity index (χ1) is 5.79. The molecule has 0 aromatic rings. The average Bonchev–Trinajstić information content (AvgIpc) is 2.71. The molecule has 0 heterocycles. The Morgan fingerprint density at radius 3 is 2.33 bits per heavy atom. The van der Waals surface area contributed by atoms with Gasteiger partial charge in [-0.25, -0.2) is 0 Å². The number of unbranched alkanes of at least 4 members (excludes halogenated alkanes) is 1. The third-order valence-corrected chi connectivity index (χ3v) is 3.87. The minimum atomic E-state index is -0.202. The summed E-state index contributed by atoms with van der Waals surface area (Å²) in [7, 11) is 0. The van der Waals surface area contributed by atoms with Gasteiger partial charge in [0.25, 0.3) is 0 Å². The van der Waals surface area contributed by atoms with Crippen molar-refractivity contribution < 1.29 is 5.11 Å². The normalized spacial score (nSPS) is 45.5. The lowest BCUT2D eigenvalue weighted by Gasteiger charge is -2.08. The molecule has 1 N–H and O–H groups in total. The maximum atomic E-state index is 10.2. The summed E-state index contributed by atoms with van der Waals surface area (Å²) in [5.41, 5.74) is -0.202. The van der Waals surface area contributed by atoms with Crippen molar-refractivity contribution in [1.82, 2.24) is 0 Å². The van der Waals surface area contributed by atoms with Gasteiger partial charge in [0.05, 0.1) is 5.60 Å². The second-order valence-electron chi connectivity index (χ2n) is 4.59. The Hall–Kier alpha value is -0.0400. The van der Waals surface area contributed by atoms with Crippen LogP contribution in [0.2, 0.25) is 0 Å². The zero-order chi connectivity index (χ0) is 8.60. The highest BCUT2D eigenvalue weighted by Gasteiger charge is 2.62. The molecule has 2 aliphatic carbocycles. The quantitative estimate of drug-likeness (QED) is 0.687. The van der Waals surface area contributed by atoms with Crippen LogP contribution in [0.25, 0.3) is 0 Å². The Morgan fingerprint density at radius 1 is 1.25 bits per heavy atom. The second kappa shape index (κ2) is 3.02. The highest BCUT2D eigenvalue weighted by molar-refractivity contribution is 5.12. The molecule has 2 unspecified atom stereocenters. The predicted octanol–water partition coefficient (Wildman–Crippen LogP) is 2.73. The minimum absolute atomic E-state index is 0.202. The van der Waals surface area contributed by atoms with Crippen molar-refractivity contribution in [1.29, 1.82) is 0 Å². The Labute approximate surface area is 75.2 Å². The molecule has 2 atom stereocenters. The molecular formula is C11H20O. The van der Waals surface area contributed by atoms with Crippen molar-refractivity contribution in [2.24, 2.45) is 11.8 Å². The lowest BCUT2D eigenvalue weighted by atomic mass is 10.0. The highest BCUT2D eigenvalue weighted by atomic mass is 16.3. The van der Waals surface area contributed by atoms with Gasteiger partial charge < -0.3 is 5.11 Å². The molecule has 12 heavy (non-hydrogen) atoms. The van der Waals surface area contributed by atoms with Gasteiger partial charge in [-0.3, -0.25) is 0 Å². The van der Waals surface area contributed by atoms with Gasteiger partial charge in [0.2, 0.25) is 0 Å². The van der Waals surface area contributed by atoms with Crippen LogP contribution in [0.4, 0.5) is 0 Å². The molecular weight excluding hydrogens is 148 g/mol. The standard InChI is InChI=1S/C11H20O/c1-2-3-8-11(12)9-6-4-5-7-10(9)11/h9-10,12H,2-8H2,1H3. The van der Waals surface area contributed by atoms with Crippen LogP contribution >= 0.6 is 0 Å². The van der Waals surface area contributed by atoms with Crippen LogP contribution in [-0.2, 0) is 0 Å². The van der Waals surface area contributed by atoms with Gasteiger partial charge in [-0.15, -0.1) is 0 Å². The van der Waals surface area contributed by atoms with Gasteiger partial charge in [-0.1, -0.05) is 32.6 Å².